The van der Waals surface area contributed by atoms with Crippen LogP contribution in [-0.2, 0) is 14.3 Å². The molecule has 0 fully saturated rings. The Morgan fingerprint density at radius 3 is 1.30 bits per heavy atom. The molecule has 0 bridgehead atoms. The minimum Gasteiger partial charge on any atom is -0.462 e. The standard InChI is InChI=1S/C57H103NO5/c1-4-7-10-13-16-19-22-25-27-28-29-32-34-37-40-43-46-49-55(60)54(52-59)58-56(61)51-53(48-45-42-39-36-33-31-26-23-20-17-14-11-8-5-2)63-57(62)50-47-44-41-38-35-30-24-21-18-15-12-9-6-3/h8,11,17,20,26,30-31,35,41,44,53-55,59-60H,4-7,9-10,12-16,18-19,21-25,27-29,32-34,36-40,42-43,45-52H2,1-3H3,(H,58,61)/b11-8+,20-17+,31-26+,35-30-,44-41+. The maximum Gasteiger partial charge on any atom is 0.306 e. The first-order valence-electron chi connectivity index (χ1n) is 27.0. The summed E-state index contributed by atoms with van der Waals surface area (Å²) in [4.78, 5) is 26.1. The van der Waals surface area contributed by atoms with Crippen LogP contribution < -0.4 is 5.32 Å². The summed E-state index contributed by atoms with van der Waals surface area (Å²) in [6.07, 6.45) is 62.9. The number of carbonyl (C=O) groups excluding carboxylic acids is 2. The molecule has 0 heterocycles. The number of aliphatic hydroxyl groups is 2. The van der Waals surface area contributed by atoms with Gasteiger partial charge in [-0.05, 0) is 77.0 Å². The average molecular weight is 882 g/mol. The van der Waals surface area contributed by atoms with Gasteiger partial charge in [0.15, 0.2) is 0 Å². The second-order valence-electron chi connectivity index (χ2n) is 18.2. The van der Waals surface area contributed by atoms with Crippen LogP contribution in [0.4, 0.5) is 0 Å². The topological polar surface area (TPSA) is 95.9 Å². The third kappa shape index (κ3) is 45.9. The van der Waals surface area contributed by atoms with Gasteiger partial charge in [-0.1, -0.05) is 236 Å². The van der Waals surface area contributed by atoms with E-state index in [1.807, 2.05) is 6.08 Å². The van der Waals surface area contributed by atoms with Crippen molar-refractivity contribution in [3.05, 3.63) is 60.8 Å². The number of rotatable bonds is 48. The Morgan fingerprint density at radius 1 is 0.476 bits per heavy atom. The van der Waals surface area contributed by atoms with E-state index in [0.717, 1.165) is 83.5 Å². The van der Waals surface area contributed by atoms with Crippen molar-refractivity contribution in [2.75, 3.05) is 6.61 Å². The lowest BCUT2D eigenvalue weighted by Gasteiger charge is -2.24. The van der Waals surface area contributed by atoms with Crippen molar-refractivity contribution in [3.8, 4) is 0 Å². The summed E-state index contributed by atoms with van der Waals surface area (Å²) < 4.78 is 5.89. The third-order valence-electron chi connectivity index (χ3n) is 12.1. The van der Waals surface area contributed by atoms with Crippen LogP contribution in [0.25, 0.3) is 0 Å². The predicted octanol–water partition coefficient (Wildman–Crippen LogP) is 16.4. The van der Waals surface area contributed by atoms with E-state index in [1.165, 1.54) is 128 Å². The fourth-order valence-electron chi connectivity index (χ4n) is 8.03. The van der Waals surface area contributed by atoms with E-state index < -0.39 is 18.2 Å². The SMILES string of the molecule is CC/C=C/C/C=C/C/C=C/CCCCCCC(CC(=O)NC(CO)C(O)CCCCCCCCCCCCCCCCCCC)OC(=O)CC/C=C/C/C=C\CCCCCCCC. The highest BCUT2D eigenvalue weighted by atomic mass is 16.5. The van der Waals surface area contributed by atoms with Gasteiger partial charge in [-0.25, -0.2) is 0 Å². The molecule has 0 rings (SSSR count). The molecule has 0 aromatic carbocycles. The van der Waals surface area contributed by atoms with Crippen LogP contribution in [-0.4, -0.2) is 46.9 Å². The summed E-state index contributed by atoms with van der Waals surface area (Å²) in [6.45, 7) is 6.36. The summed E-state index contributed by atoms with van der Waals surface area (Å²) in [6, 6.07) is -0.721. The number of unbranched alkanes of at least 4 members (excludes halogenated alkanes) is 26. The lowest BCUT2D eigenvalue weighted by atomic mass is 10.0. The fraction of sp³-hybridized carbons (Fsp3) is 0.789. The van der Waals surface area contributed by atoms with Gasteiger partial charge in [0, 0.05) is 6.42 Å². The number of allylic oxidation sites excluding steroid dienone is 10. The molecule has 3 unspecified atom stereocenters. The smallest absolute Gasteiger partial charge is 0.306 e. The number of amides is 1. The Labute approximate surface area is 390 Å². The van der Waals surface area contributed by atoms with Crippen LogP contribution in [0.1, 0.15) is 265 Å². The van der Waals surface area contributed by atoms with Crippen molar-refractivity contribution in [2.45, 2.75) is 283 Å². The fourth-order valence-corrected chi connectivity index (χ4v) is 8.03. The van der Waals surface area contributed by atoms with Gasteiger partial charge in [-0.2, -0.15) is 0 Å². The van der Waals surface area contributed by atoms with Crippen LogP contribution in [0.2, 0.25) is 0 Å². The van der Waals surface area contributed by atoms with E-state index in [2.05, 4.69) is 80.8 Å². The Hall–Kier alpha value is -2.44. The lowest BCUT2D eigenvalue weighted by Crippen LogP contribution is -2.46. The highest BCUT2D eigenvalue weighted by Gasteiger charge is 2.24. The number of hydrogen-bond donors (Lipinski definition) is 3. The molecule has 6 heteroatoms. The molecule has 6 nitrogen and oxygen atoms in total. The molecule has 0 saturated heterocycles. The van der Waals surface area contributed by atoms with Crippen molar-refractivity contribution >= 4 is 11.9 Å². The van der Waals surface area contributed by atoms with Crippen molar-refractivity contribution in [2.24, 2.45) is 0 Å². The second-order valence-corrected chi connectivity index (χ2v) is 18.2. The molecular formula is C57H103NO5. The van der Waals surface area contributed by atoms with E-state index in [1.54, 1.807) is 0 Å². The largest absolute Gasteiger partial charge is 0.462 e. The zero-order valence-corrected chi connectivity index (χ0v) is 41.7. The number of aliphatic hydroxyl groups excluding tert-OH is 2. The molecule has 366 valence electrons. The monoisotopic (exact) mass is 882 g/mol. The first-order chi connectivity index (χ1) is 31.0. The Balaban J connectivity index is 4.60. The van der Waals surface area contributed by atoms with E-state index in [4.69, 9.17) is 4.74 Å². The molecule has 1 amide bonds. The lowest BCUT2D eigenvalue weighted by molar-refractivity contribution is -0.150. The second kappa shape index (κ2) is 50.6. The normalized spacial score (nSPS) is 13.7. The molecule has 0 aromatic heterocycles. The van der Waals surface area contributed by atoms with Crippen molar-refractivity contribution in [1.29, 1.82) is 0 Å². The summed E-state index contributed by atoms with van der Waals surface area (Å²) in [7, 11) is 0. The van der Waals surface area contributed by atoms with Crippen LogP contribution >= 0.6 is 0 Å². The first kappa shape index (κ1) is 60.6. The highest BCUT2D eigenvalue weighted by molar-refractivity contribution is 5.77. The van der Waals surface area contributed by atoms with E-state index in [9.17, 15) is 19.8 Å². The quantitative estimate of drug-likeness (QED) is 0.0321. The summed E-state index contributed by atoms with van der Waals surface area (Å²) in [5.74, 6) is -0.573. The number of hydrogen-bond acceptors (Lipinski definition) is 5. The summed E-state index contributed by atoms with van der Waals surface area (Å²) in [5, 5.41) is 23.8. The van der Waals surface area contributed by atoms with Crippen LogP contribution in [0, 0.1) is 0 Å². The van der Waals surface area contributed by atoms with Crippen LogP contribution in [0.3, 0.4) is 0 Å². The zero-order valence-electron chi connectivity index (χ0n) is 41.7. The summed E-state index contributed by atoms with van der Waals surface area (Å²) in [5.41, 5.74) is 0. The molecule has 0 radical (unpaired) electrons. The van der Waals surface area contributed by atoms with Crippen molar-refractivity contribution in [3.63, 3.8) is 0 Å². The van der Waals surface area contributed by atoms with Gasteiger partial charge in [0.25, 0.3) is 0 Å². The Bertz CT molecular complexity index is 1130. The molecule has 3 N–H and O–H groups in total. The molecule has 0 spiro atoms. The van der Waals surface area contributed by atoms with Gasteiger partial charge in [0.1, 0.15) is 6.10 Å². The Kier molecular flexibility index (Phi) is 48.6. The first-order valence-corrected chi connectivity index (χ1v) is 27.0. The van der Waals surface area contributed by atoms with Gasteiger partial charge in [0.05, 0.1) is 25.2 Å². The predicted molar refractivity (Wildman–Crippen MR) is 273 cm³/mol. The van der Waals surface area contributed by atoms with Gasteiger partial charge < -0.3 is 20.3 Å². The molecule has 0 saturated carbocycles. The maximum atomic E-state index is 13.2. The molecular weight excluding hydrogens is 779 g/mol. The van der Waals surface area contributed by atoms with Gasteiger partial charge in [-0.15, -0.1) is 0 Å². The minimum absolute atomic E-state index is 0.0395. The van der Waals surface area contributed by atoms with Crippen molar-refractivity contribution < 1.29 is 24.5 Å². The van der Waals surface area contributed by atoms with E-state index in [-0.39, 0.29) is 31.3 Å². The number of nitrogens with one attached hydrogen (secondary N) is 1. The molecule has 0 aromatic rings. The third-order valence-corrected chi connectivity index (χ3v) is 12.1. The zero-order chi connectivity index (χ0) is 45.9. The van der Waals surface area contributed by atoms with Crippen LogP contribution in [0.15, 0.2) is 60.8 Å². The molecule has 0 aliphatic rings. The number of carbonyl (C=O) groups is 2. The van der Waals surface area contributed by atoms with Gasteiger partial charge in [-0.3, -0.25) is 9.59 Å². The van der Waals surface area contributed by atoms with Gasteiger partial charge >= 0.3 is 5.97 Å². The number of esters is 1. The van der Waals surface area contributed by atoms with Crippen molar-refractivity contribution in [1.82, 2.24) is 5.32 Å². The van der Waals surface area contributed by atoms with Gasteiger partial charge in [0.2, 0.25) is 5.91 Å². The minimum atomic E-state index is -0.804. The van der Waals surface area contributed by atoms with E-state index >= 15 is 0 Å². The van der Waals surface area contributed by atoms with E-state index in [0.29, 0.717) is 19.3 Å². The molecule has 3 atom stereocenters. The van der Waals surface area contributed by atoms with Crippen LogP contribution in [0.5, 0.6) is 0 Å². The molecule has 63 heavy (non-hydrogen) atoms. The highest BCUT2D eigenvalue weighted by Crippen LogP contribution is 2.17. The average Bonchev–Trinajstić information content (AvgIpc) is 3.28. The molecule has 0 aliphatic carbocycles. The number of ether oxygens (including phenoxy) is 1. The maximum absolute atomic E-state index is 13.2. The summed E-state index contributed by atoms with van der Waals surface area (Å²) >= 11 is 0. The Morgan fingerprint density at radius 2 is 0.857 bits per heavy atom. The molecule has 0 aliphatic heterocycles.